The Bertz CT molecular complexity index is 321. The van der Waals surface area contributed by atoms with Crippen LogP contribution in [0.5, 0.6) is 0 Å². The van der Waals surface area contributed by atoms with Crippen molar-refractivity contribution in [1.82, 2.24) is 10.3 Å². The smallest absolute Gasteiger partial charge is 0.0962 e. The number of nitrogens with zero attached hydrogens (tertiary/aromatic N) is 1. The van der Waals surface area contributed by atoms with E-state index in [9.17, 15) is 0 Å². The number of nitrogens with one attached hydrogen (secondary N) is 1. The molecule has 3 atom stereocenters. The Kier molecular flexibility index (Phi) is 3.42. The van der Waals surface area contributed by atoms with Crippen LogP contribution in [0.4, 0.5) is 0 Å². The van der Waals surface area contributed by atoms with Gasteiger partial charge < -0.3 is 5.32 Å². The highest BCUT2D eigenvalue weighted by Crippen LogP contribution is 2.47. The molecule has 1 aliphatic rings. The van der Waals surface area contributed by atoms with Crippen molar-refractivity contribution in [2.24, 2.45) is 5.92 Å². The van der Waals surface area contributed by atoms with Gasteiger partial charge in [0.05, 0.1) is 10.7 Å². The van der Waals surface area contributed by atoms with Gasteiger partial charge >= 0.3 is 0 Å². The van der Waals surface area contributed by atoms with Crippen LogP contribution in [0.3, 0.4) is 0 Å². The molecule has 2 nitrogen and oxygen atoms in total. The summed E-state index contributed by atoms with van der Waals surface area (Å²) < 4.78 is 0. The lowest BCUT2D eigenvalue weighted by atomic mass is 10.2. The van der Waals surface area contributed by atoms with Gasteiger partial charge in [0.2, 0.25) is 0 Å². The maximum atomic E-state index is 4.72. The molecule has 3 heteroatoms. The van der Waals surface area contributed by atoms with Gasteiger partial charge in [-0.3, -0.25) is 0 Å². The SMILES string of the molecule is CCNC(C)Cc1csc(C2CC2C)n1. The summed E-state index contributed by atoms with van der Waals surface area (Å²) in [6.45, 7) is 7.72. The van der Waals surface area contributed by atoms with Gasteiger partial charge in [0.15, 0.2) is 0 Å². The molecule has 0 spiro atoms. The third kappa shape index (κ3) is 2.79. The molecule has 3 unspecified atom stereocenters. The van der Waals surface area contributed by atoms with E-state index in [0.29, 0.717) is 6.04 Å². The molecule has 84 valence electrons. The normalized spacial score (nSPS) is 26.6. The summed E-state index contributed by atoms with van der Waals surface area (Å²) in [5.74, 6) is 1.65. The molecule has 1 aliphatic carbocycles. The lowest BCUT2D eigenvalue weighted by molar-refractivity contribution is 0.560. The summed E-state index contributed by atoms with van der Waals surface area (Å²) in [5, 5.41) is 7.01. The van der Waals surface area contributed by atoms with E-state index in [0.717, 1.165) is 24.8 Å². The Morgan fingerprint density at radius 3 is 3.00 bits per heavy atom. The van der Waals surface area contributed by atoms with E-state index in [2.05, 4.69) is 31.5 Å². The second-order valence-electron chi connectivity index (χ2n) is 4.66. The number of thiazole rings is 1. The van der Waals surface area contributed by atoms with E-state index in [1.165, 1.54) is 17.1 Å². The monoisotopic (exact) mass is 224 g/mol. The summed E-state index contributed by atoms with van der Waals surface area (Å²) >= 11 is 1.85. The summed E-state index contributed by atoms with van der Waals surface area (Å²) in [4.78, 5) is 4.72. The van der Waals surface area contributed by atoms with Crippen molar-refractivity contribution < 1.29 is 0 Å². The average Bonchev–Trinajstić information content (AvgIpc) is 2.74. The summed E-state index contributed by atoms with van der Waals surface area (Å²) in [7, 11) is 0. The van der Waals surface area contributed by atoms with Crippen LogP contribution in [-0.2, 0) is 6.42 Å². The molecule has 0 amide bonds. The molecule has 1 aromatic heterocycles. The molecular formula is C12H20N2S. The Morgan fingerprint density at radius 2 is 2.40 bits per heavy atom. The van der Waals surface area contributed by atoms with Crippen LogP contribution in [0, 0.1) is 5.92 Å². The number of likely N-dealkylation sites (N-methyl/N-ethyl adjacent to an activating group) is 1. The number of hydrogen-bond acceptors (Lipinski definition) is 3. The minimum atomic E-state index is 0.543. The molecule has 1 aromatic rings. The van der Waals surface area contributed by atoms with Gasteiger partial charge in [0, 0.05) is 23.8 Å². The van der Waals surface area contributed by atoms with Crippen LogP contribution in [0.1, 0.15) is 43.8 Å². The predicted octanol–water partition coefficient (Wildman–Crippen LogP) is 2.81. The van der Waals surface area contributed by atoms with Crippen molar-refractivity contribution in [3.8, 4) is 0 Å². The topological polar surface area (TPSA) is 24.9 Å². The lowest BCUT2D eigenvalue weighted by Gasteiger charge is -2.09. The first-order valence-corrected chi connectivity index (χ1v) is 6.76. The highest BCUT2D eigenvalue weighted by molar-refractivity contribution is 7.09. The molecule has 0 radical (unpaired) electrons. The van der Waals surface area contributed by atoms with Gasteiger partial charge in [-0.25, -0.2) is 4.98 Å². The summed E-state index contributed by atoms with van der Waals surface area (Å²) in [6, 6.07) is 0.543. The maximum absolute atomic E-state index is 4.72. The molecule has 1 heterocycles. The molecule has 1 N–H and O–H groups in total. The fraction of sp³-hybridized carbons (Fsp3) is 0.750. The van der Waals surface area contributed by atoms with Crippen molar-refractivity contribution in [3.05, 3.63) is 16.1 Å². The molecule has 0 aromatic carbocycles. The molecular weight excluding hydrogens is 204 g/mol. The van der Waals surface area contributed by atoms with Crippen LogP contribution >= 0.6 is 11.3 Å². The van der Waals surface area contributed by atoms with Gasteiger partial charge in [-0.1, -0.05) is 13.8 Å². The Morgan fingerprint density at radius 1 is 1.67 bits per heavy atom. The third-order valence-electron chi connectivity index (χ3n) is 3.06. The van der Waals surface area contributed by atoms with E-state index < -0.39 is 0 Å². The minimum absolute atomic E-state index is 0.543. The first-order valence-electron chi connectivity index (χ1n) is 5.88. The molecule has 1 fully saturated rings. The highest BCUT2D eigenvalue weighted by Gasteiger charge is 2.36. The molecule has 0 bridgehead atoms. The van der Waals surface area contributed by atoms with E-state index in [-0.39, 0.29) is 0 Å². The van der Waals surface area contributed by atoms with Crippen molar-refractivity contribution in [1.29, 1.82) is 0 Å². The Balaban J connectivity index is 1.89. The number of rotatable bonds is 5. The van der Waals surface area contributed by atoms with Gasteiger partial charge in [-0.2, -0.15) is 0 Å². The zero-order valence-electron chi connectivity index (χ0n) is 9.79. The summed E-state index contributed by atoms with van der Waals surface area (Å²) in [5.41, 5.74) is 1.27. The average molecular weight is 224 g/mol. The summed E-state index contributed by atoms with van der Waals surface area (Å²) in [6.07, 6.45) is 2.40. The van der Waals surface area contributed by atoms with Crippen molar-refractivity contribution in [2.45, 2.75) is 45.6 Å². The van der Waals surface area contributed by atoms with Crippen molar-refractivity contribution >= 4 is 11.3 Å². The van der Waals surface area contributed by atoms with E-state index >= 15 is 0 Å². The predicted molar refractivity (Wildman–Crippen MR) is 65.5 cm³/mol. The van der Waals surface area contributed by atoms with Crippen molar-refractivity contribution in [2.75, 3.05) is 6.54 Å². The second kappa shape index (κ2) is 4.62. The first-order chi connectivity index (χ1) is 7.20. The quantitative estimate of drug-likeness (QED) is 0.832. The van der Waals surface area contributed by atoms with Crippen LogP contribution < -0.4 is 5.32 Å². The van der Waals surface area contributed by atoms with E-state index in [1.54, 1.807) is 0 Å². The van der Waals surface area contributed by atoms with Gasteiger partial charge in [0.25, 0.3) is 0 Å². The minimum Gasteiger partial charge on any atom is -0.314 e. The second-order valence-corrected chi connectivity index (χ2v) is 5.55. The standard InChI is InChI=1S/C12H20N2S/c1-4-13-9(3)6-10-7-15-12(14-10)11-5-8(11)2/h7-9,11,13H,4-6H2,1-3H3. The lowest BCUT2D eigenvalue weighted by Crippen LogP contribution is -2.27. The van der Waals surface area contributed by atoms with Crippen LogP contribution in [0.15, 0.2) is 5.38 Å². The Labute approximate surface area is 96.1 Å². The van der Waals surface area contributed by atoms with Crippen molar-refractivity contribution in [3.63, 3.8) is 0 Å². The molecule has 15 heavy (non-hydrogen) atoms. The fourth-order valence-electron chi connectivity index (χ4n) is 1.99. The van der Waals surface area contributed by atoms with Crippen LogP contribution in [-0.4, -0.2) is 17.6 Å². The van der Waals surface area contributed by atoms with Crippen LogP contribution in [0.2, 0.25) is 0 Å². The largest absolute Gasteiger partial charge is 0.314 e. The third-order valence-corrected chi connectivity index (χ3v) is 4.09. The van der Waals surface area contributed by atoms with Crippen LogP contribution in [0.25, 0.3) is 0 Å². The number of hydrogen-bond donors (Lipinski definition) is 1. The van der Waals surface area contributed by atoms with E-state index in [1.807, 2.05) is 11.3 Å². The fourth-order valence-corrected chi connectivity index (χ4v) is 3.07. The first kappa shape index (κ1) is 11.1. The Hall–Kier alpha value is -0.410. The molecule has 2 rings (SSSR count). The van der Waals surface area contributed by atoms with Gasteiger partial charge in [0.1, 0.15) is 0 Å². The highest BCUT2D eigenvalue weighted by atomic mass is 32.1. The molecule has 0 saturated heterocycles. The van der Waals surface area contributed by atoms with Gasteiger partial charge in [-0.05, 0) is 25.8 Å². The number of aromatic nitrogens is 1. The van der Waals surface area contributed by atoms with E-state index in [4.69, 9.17) is 4.98 Å². The maximum Gasteiger partial charge on any atom is 0.0962 e. The molecule has 0 aliphatic heterocycles. The molecule has 1 saturated carbocycles. The zero-order valence-corrected chi connectivity index (χ0v) is 10.6. The van der Waals surface area contributed by atoms with Gasteiger partial charge in [-0.15, -0.1) is 11.3 Å². The zero-order chi connectivity index (χ0) is 10.8.